The predicted molar refractivity (Wildman–Crippen MR) is 84.7 cm³/mol. The molecule has 0 unspecified atom stereocenters. The largest absolute Gasteiger partial charge is 0.348 e. The number of nitrogens with zero attached hydrogens (tertiary/aromatic N) is 3. The fourth-order valence-corrected chi connectivity index (χ4v) is 2.44. The molecular weight excluding hydrogens is 276 g/mol. The number of aryl methyl sites for hydroxylation is 2. The highest BCUT2D eigenvalue weighted by atomic mass is 16.2. The third-order valence-corrected chi connectivity index (χ3v) is 3.61. The average Bonchev–Trinajstić information content (AvgIpc) is 3.28. The van der Waals surface area contributed by atoms with Crippen molar-refractivity contribution in [1.29, 1.82) is 0 Å². The lowest BCUT2D eigenvalue weighted by Crippen LogP contribution is -2.37. The van der Waals surface area contributed by atoms with Gasteiger partial charge >= 0.3 is 0 Å². The summed E-state index contributed by atoms with van der Waals surface area (Å²) in [6, 6.07) is -2.97. The van der Waals surface area contributed by atoms with E-state index in [2.05, 4.69) is 9.97 Å². The van der Waals surface area contributed by atoms with Crippen molar-refractivity contribution < 1.29 is 19.9 Å². The number of amides is 1. The molecule has 1 aliphatic heterocycles. The second-order valence-electron chi connectivity index (χ2n) is 4.88. The fourth-order valence-electron chi connectivity index (χ4n) is 2.44. The normalized spacial score (nSPS) is 27.0. The third kappa shape index (κ3) is 1.78. The van der Waals surface area contributed by atoms with Gasteiger partial charge in [0.2, 0.25) is 0 Å². The van der Waals surface area contributed by atoms with Gasteiger partial charge < -0.3 is 14.5 Å². The quantitative estimate of drug-likeness (QED) is 0.790. The van der Waals surface area contributed by atoms with Crippen molar-refractivity contribution in [2.75, 3.05) is 6.50 Å². The number of rotatable bonds is 2. The molecule has 0 saturated carbocycles. The van der Waals surface area contributed by atoms with Crippen LogP contribution in [-0.2, 0) is 19.9 Å². The average molecular weight is 305 g/mol. The maximum Gasteiger partial charge on any atom is 0.256 e. The molecule has 0 spiro atoms. The summed E-state index contributed by atoms with van der Waals surface area (Å²) in [6.07, 6.45) is -1.78. The first-order valence-corrected chi connectivity index (χ1v) is 6.51. The van der Waals surface area contributed by atoms with E-state index in [0.29, 0.717) is 15.2 Å². The first-order valence-electron chi connectivity index (χ1n) is 12.0. The molecule has 22 heavy (non-hydrogen) atoms. The van der Waals surface area contributed by atoms with Crippen molar-refractivity contribution in [3.05, 3.63) is 53.1 Å². The molecule has 0 saturated heterocycles. The number of H-pyrrole nitrogens is 1. The van der Waals surface area contributed by atoms with Gasteiger partial charge in [-0.2, -0.15) is 0 Å². The Labute approximate surface area is 144 Å². The summed E-state index contributed by atoms with van der Waals surface area (Å²) in [5, 5.41) is -0.472. The number of fused-ring (bicyclic) bond motifs is 3. The zero-order chi connectivity index (χ0) is 24.8. The molecule has 3 aromatic rings. The minimum atomic E-state index is -3.17. The third-order valence-electron chi connectivity index (χ3n) is 3.61. The van der Waals surface area contributed by atoms with E-state index < -0.39 is 78.6 Å². The summed E-state index contributed by atoms with van der Waals surface area (Å²) in [4.78, 5) is 21.0. The number of para-hydroxylation sites is 1. The van der Waals surface area contributed by atoms with Crippen LogP contribution >= 0.6 is 0 Å². The van der Waals surface area contributed by atoms with Crippen LogP contribution in [0.3, 0.4) is 0 Å². The fraction of sp³-hybridized carbons (Fsp3) is 0.294. The summed E-state index contributed by atoms with van der Waals surface area (Å²) < 4.78 is 90.7. The number of hydrogen-bond donors (Lipinski definition) is 1. The molecular formula is C17H18N4O. The second-order valence-corrected chi connectivity index (χ2v) is 4.88. The SMILES string of the molecule is [2H]c1c([2H])c([2H])c2c(c1[2H])c1c(n2C([2H])([2H])[2H])C([2H])([2H])C([2H])([2H])N(Cc2nc[nH]c2C)C1=O. The first-order chi connectivity index (χ1) is 15.0. The Balaban J connectivity index is 2.18. The second kappa shape index (κ2) is 4.73. The van der Waals surface area contributed by atoms with Crippen LogP contribution in [0, 0.1) is 6.92 Å². The van der Waals surface area contributed by atoms with Crippen molar-refractivity contribution >= 4 is 16.8 Å². The van der Waals surface area contributed by atoms with Crippen LogP contribution in [0.5, 0.6) is 0 Å². The predicted octanol–water partition coefficient (Wildman–Crippen LogP) is 2.41. The van der Waals surface area contributed by atoms with Crippen molar-refractivity contribution in [1.82, 2.24) is 19.4 Å². The molecule has 2 aromatic heterocycles. The van der Waals surface area contributed by atoms with Crippen molar-refractivity contribution in [3.8, 4) is 0 Å². The van der Waals surface area contributed by atoms with E-state index in [1.807, 2.05) is 0 Å². The van der Waals surface area contributed by atoms with Gasteiger partial charge in [-0.3, -0.25) is 4.79 Å². The molecule has 1 aliphatic rings. The standard InChI is InChI=1S/C17H18N4O/c1-11-13(19-10-18-11)9-21-8-7-15-16(17(21)22)12-5-3-4-6-14(12)20(15)2/h3-6,10H,7-9H2,1-2H3,(H,18,19)/i2D3,3D,4D,5D,6D,7D2,8D2. The van der Waals surface area contributed by atoms with Crippen molar-refractivity contribution in [2.45, 2.75) is 19.8 Å². The van der Waals surface area contributed by atoms with E-state index in [-0.39, 0.29) is 5.69 Å². The van der Waals surface area contributed by atoms with Crippen LogP contribution in [0.2, 0.25) is 0 Å². The Hall–Kier alpha value is -2.56. The Morgan fingerprint density at radius 3 is 3.14 bits per heavy atom. The number of hydrogen-bond acceptors (Lipinski definition) is 2. The van der Waals surface area contributed by atoms with E-state index in [4.69, 9.17) is 15.1 Å². The van der Waals surface area contributed by atoms with Crippen molar-refractivity contribution in [2.24, 2.45) is 6.98 Å². The lowest BCUT2D eigenvalue weighted by molar-refractivity contribution is 0.0725. The zero-order valence-electron chi connectivity index (χ0n) is 22.5. The summed E-state index contributed by atoms with van der Waals surface area (Å²) in [5.74, 6) is -1.11. The van der Waals surface area contributed by atoms with Crippen LogP contribution in [-0.4, -0.2) is 31.8 Å². The molecule has 0 atom stereocenters. The van der Waals surface area contributed by atoms with Crippen LogP contribution in [0.1, 0.15) is 42.5 Å². The van der Waals surface area contributed by atoms with Crippen LogP contribution in [0.4, 0.5) is 0 Å². The highest BCUT2D eigenvalue weighted by Gasteiger charge is 2.30. The first kappa shape index (κ1) is 5.91. The van der Waals surface area contributed by atoms with E-state index in [9.17, 15) is 4.79 Å². The number of nitrogens with one attached hydrogen (secondary N) is 1. The van der Waals surface area contributed by atoms with E-state index in [1.165, 1.54) is 6.33 Å². The van der Waals surface area contributed by atoms with Gasteiger partial charge in [0.05, 0.1) is 29.6 Å². The van der Waals surface area contributed by atoms with E-state index in [1.54, 1.807) is 6.92 Å². The number of aromatic amines is 1. The lowest BCUT2D eigenvalue weighted by Gasteiger charge is -2.27. The van der Waals surface area contributed by atoms with Gasteiger partial charge in [-0.15, -0.1) is 0 Å². The lowest BCUT2D eigenvalue weighted by atomic mass is 10.0. The highest BCUT2D eigenvalue weighted by molar-refractivity contribution is 6.09. The molecule has 1 amide bonds. The molecule has 5 heteroatoms. The molecule has 5 nitrogen and oxygen atoms in total. The maximum atomic E-state index is 13.6. The minimum Gasteiger partial charge on any atom is -0.348 e. The molecule has 112 valence electrons. The van der Waals surface area contributed by atoms with Gasteiger partial charge in [0.15, 0.2) is 0 Å². The highest BCUT2D eigenvalue weighted by Crippen LogP contribution is 2.30. The topological polar surface area (TPSA) is 53.9 Å². The number of benzene rings is 1. The van der Waals surface area contributed by atoms with E-state index in [0.717, 1.165) is 0 Å². The summed E-state index contributed by atoms with van der Waals surface area (Å²) in [6.45, 7) is -5.04. The van der Waals surface area contributed by atoms with Gasteiger partial charge in [0.1, 0.15) is 0 Å². The van der Waals surface area contributed by atoms with Gasteiger partial charge in [0, 0.05) is 51.7 Å². The molecule has 0 fully saturated rings. The molecule has 3 heterocycles. The summed E-state index contributed by atoms with van der Waals surface area (Å²) in [5.41, 5.74) is -1.28. The number of imidazole rings is 1. The molecule has 0 bridgehead atoms. The Morgan fingerprint density at radius 2 is 2.36 bits per heavy atom. The van der Waals surface area contributed by atoms with Crippen LogP contribution < -0.4 is 0 Å². The zero-order valence-corrected chi connectivity index (χ0v) is 11.5. The monoisotopic (exact) mass is 305 g/mol. The molecule has 1 N–H and O–H groups in total. The number of carbonyl (C=O) groups excluding carboxylic acids is 1. The summed E-state index contributed by atoms with van der Waals surface area (Å²) in [7, 11) is 0. The van der Waals surface area contributed by atoms with Gasteiger partial charge in [0.25, 0.3) is 5.91 Å². The maximum absolute atomic E-state index is 13.6. The Bertz CT molecular complexity index is 1320. The van der Waals surface area contributed by atoms with Crippen LogP contribution in [0.15, 0.2) is 30.5 Å². The van der Waals surface area contributed by atoms with Crippen molar-refractivity contribution in [3.63, 3.8) is 0 Å². The van der Waals surface area contributed by atoms with Gasteiger partial charge in [-0.1, -0.05) is 18.1 Å². The molecule has 4 rings (SSSR count). The van der Waals surface area contributed by atoms with Gasteiger partial charge in [-0.25, -0.2) is 4.98 Å². The van der Waals surface area contributed by atoms with Gasteiger partial charge in [-0.05, 0) is 13.0 Å². The molecule has 1 aromatic carbocycles. The smallest absolute Gasteiger partial charge is 0.256 e. The molecule has 0 aliphatic carbocycles. The summed E-state index contributed by atoms with van der Waals surface area (Å²) >= 11 is 0. The van der Waals surface area contributed by atoms with Crippen LogP contribution in [0.25, 0.3) is 10.9 Å². The Kier molecular flexibility index (Phi) is 1.27. The van der Waals surface area contributed by atoms with E-state index >= 15 is 0 Å². The Morgan fingerprint density at radius 1 is 1.50 bits per heavy atom. The number of aromatic nitrogens is 3. The number of carbonyl (C=O) groups is 1. The molecule has 0 radical (unpaired) electrons. The minimum absolute atomic E-state index is 0.257.